The van der Waals surface area contributed by atoms with Gasteiger partial charge >= 0.3 is 18.0 Å². The molecule has 0 radical (unpaired) electrons. The van der Waals surface area contributed by atoms with E-state index in [-0.39, 0.29) is 6.54 Å². The van der Waals surface area contributed by atoms with Gasteiger partial charge in [0.2, 0.25) is 0 Å². The van der Waals surface area contributed by atoms with Gasteiger partial charge < -0.3 is 0 Å². The molecule has 1 aromatic rings. The zero-order valence-corrected chi connectivity index (χ0v) is 11.2. The van der Waals surface area contributed by atoms with Gasteiger partial charge in [0.1, 0.15) is 6.20 Å². The molecule has 22 heavy (non-hydrogen) atoms. The summed E-state index contributed by atoms with van der Waals surface area (Å²) in [5.41, 5.74) is -1.91. The van der Waals surface area contributed by atoms with Crippen LogP contribution in [-0.4, -0.2) is 26.7 Å². The summed E-state index contributed by atoms with van der Waals surface area (Å²) in [5.74, 6) is 0. The molecule has 0 amide bonds. The Bertz CT molecular complexity index is 602. The van der Waals surface area contributed by atoms with Crippen molar-refractivity contribution in [1.29, 1.82) is 0 Å². The Kier molecular flexibility index (Phi) is 5.78. The monoisotopic (exact) mass is 333 g/mol. The predicted octanol–water partition coefficient (Wildman–Crippen LogP) is 2.09. The van der Waals surface area contributed by atoms with E-state index in [9.17, 15) is 35.9 Å². The standard InChI is InChI=1S/C11H13F6N3O2/c12-10(13,14)3-1-5-19-8(21)7-18-20(9(19)22)6-2-4-11(15,16)17/h7H,1-6H2. The van der Waals surface area contributed by atoms with Crippen molar-refractivity contribution < 1.29 is 26.3 Å². The lowest BCUT2D eigenvalue weighted by Gasteiger charge is -2.10. The van der Waals surface area contributed by atoms with Crippen molar-refractivity contribution in [3.05, 3.63) is 27.0 Å². The van der Waals surface area contributed by atoms with Crippen molar-refractivity contribution in [2.75, 3.05) is 0 Å². The molecule has 0 N–H and O–H groups in total. The van der Waals surface area contributed by atoms with Gasteiger partial charge in [-0.1, -0.05) is 0 Å². The quantitative estimate of drug-likeness (QED) is 0.749. The van der Waals surface area contributed by atoms with Crippen LogP contribution in [0.2, 0.25) is 0 Å². The van der Waals surface area contributed by atoms with E-state index in [2.05, 4.69) is 5.10 Å². The van der Waals surface area contributed by atoms with E-state index in [0.29, 0.717) is 15.4 Å². The third-order valence-corrected chi connectivity index (χ3v) is 2.70. The molecule has 0 aliphatic heterocycles. The molecule has 0 bridgehead atoms. The first-order chi connectivity index (χ1) is 9.99. The summed E-state index contributed by atoms with van der Waals surface area (Å²) in [6, 6.07) is 0. The smallest absolute Gasteiger partial charge is 0.267 e. The number of hydrogen-bond donors (Lipinski definition) is 0. The van der Waals surface area contributed by atoms with Crippen LogP contribution >= 0.6 is 0 Å². The highest BCUT2D eigenvalue weighted by Gasteiger charge is 2.27. The van der Waals surface area contributed by atoms with Crippen LogP contribution in [0.15, 0.2) is 15.8 Å². The Morgan fingerprint density at radius 2 is 1.41 bits per heavy atom. The highest BCUT2D eigenvalue weighted by Crippen LogP contribution is 2.22. The average Bonchev–Trinajstić information content (AvgIpc) is 2.33. The number of rotatable bonds is 6. The van der Waals surface area contributed by atoms with Crippen molar-refractivity contribution in [3.63, 3.8) is 0 Å². The molecule has 0 spiro atoms. The highest BCUT2D eigenvalue weighted by atomic mass is 19.4. The Morgan fingerprint density at radius 3 is 1.91 bits per heavy atom. The lowest BCUT2D eigenvalue weighted by molar-refractivity contribution is -0.136. The first-order valence-corrected chi connectivity index (χ1v) is 6.30. The minimum absolute atomic E-state index is 0.377. The predicted molar refractivity (Wildman–Crippen MR) is 63.3 cm³/mol. The van der Waals surface area contributed by atoms with Crippen LogP contribution in [0.4, 0.5) is 26.3 Å². The Morgan fingerprint density at radius 1 is 0.909 bits per heavy atom. The minimum atomic E-state index is -4.41. The van der Waals surface area contributed by atoms with Crippen LogP contribution in [0.3, 0.4) is 0 Å². The zero-order valence-electron chi connectivity index (χ0n) is 11.2. The van der Waals surface area contributed by atoms with E-state index in [1.165, 1.54) is 0 Å². The summed E-state index contributed by atoms with van der Waals surface area (Å²) < 4.78 is 73.3. The van der Waals surface area contributed by atoms with Gasteiger partial charge in [0.05, 0.1) is 0 Å². The van der Waals surface area contributed by atoms with E-state index < -0.39 is 55.8 Å². The first kappa shape index (κ1) is 18.2. The SMILES string of the molecule is O=c1cnn(CCCC(F)(F)F)c(=O)n1CCCC(F)(F)F. The Labute approximate surface area is 120 Å². The van der Waals surface area contributed by atoms with Gasteiger partial charge in [0, 0.05) is 25.9 Å². The molecule has 1 heterocycles. The van der Waals surface area contributed by atoms with Gasteiger partial charge in [-0.25, -0.2) is 9.48 Å². The number of aromatic nitrogens is 3. The van der Waals surface area contributed by atoms with Gasteiger partial charge in [-0.15, -0.1) is 0 Å². The van der Waals surface area contributed by atoms with Crippen LogP contribution in [0.25, 0.3) is 0 Å². The van der Waals surface area contributed by atoms with Crippen molar-refractivity contribution in [3.8, 4) is 0 Å². The minimum Gasteiger partial charge on any atom is -0.267 e. The molecule has 1 rings (SSSR count). The molecule has 5 nitrogen and oxygen atoms in total. The largest absolute Gasteiger partial charge is 0.389 e. The van der Waals surface area contributed by atoms with Crippen LogP contribution in [0, 0.1) is 0 Å². The van der Waals surface area contributed by atoms with E-state index >= 15 is 0 Å². The summed E-state index contributed by atoms with van der Waals surface area (Å²) in [6.07, 6.45) is -11.3. The molecule has 0 fully saturated rings. The van der Waals surface area contributed by atoms with E-state index in [1.807, 2.05) is 0 Å². The molecule has 1 aromatic heterocycles. The van der Waals surface area contributed by atoms with Crippen molar-refractivity contribution in [2.45, 2.75) is 51.1 Å². The summed E-state index contributed by atoms with van der Waals surface area (Å²) >= 11 is 0. The van der Waals surface area contributed by atoms with Gasteiger partial charge in [0.15, 0.2) is 0 Å². The van der Waals surface area contributed by atoms with Crippen molar-refractivity contribution in [2.24, 2.45) is 0 Å². The van der Waals surface area contributed by atoms with Crippen LogP contribution in [0.1, 0.15) is 25.7 Å². The molecular formula is C11H13F6N3O2. The molecule has 126 valence electrons. The first-order valence-electron chi connectivity index (χ1n) is 6.30. The Hall–Kier alpha value is -1.81. The molecule has 11 heteroatoms. The summed E-state index contributed by atoms with van der Waals surface area (Å²) in [5, 5.41) is 3.40. The fourth-order valence-electron chi connectivity index (χ4n) is 1.70. The molecule has 0 aliphatic carbocycles. The molecule has 0 aromatic carbocycles. The number of hydrogen-bond acceptors (Lipinski definition) is 3. The Balaban J connectivity index is 2.76. The lowest BCUT2D eigenvalue weighted by atomic mass is 10.3. The summed E-state index contributed by atoms with van der Waals surface area (Å²) in [7, 11) is 0. The third-order valence-electron chi connectivity index (χ3n) is 2.70. The molecule has 0 saturated heterocycles. The molecular weight excluding hydrogens is 320 g/mol. The van der Waals surface area contributed by atoms with E-state index in [4.69, 9.17) is 0 Å². The van der Waals surface area contributed by atoms with Gasteiger partial charge in [-0.05, 0) is 12.8 Å². The maximum Gasteiger partial charge on any atom is 0.389 e. The second-order valence-corrected chi connectivity index (χ2v) is 4.58. The average molecular weight is 333 g/mol. The summed E-state index contributed by atoms with van der Waals surface area (Å²) in [6.45, 7) is -0.850. The summed E-state index contributed by atoms with van der Waals surface area (Å²) in [4.78, 5) is 23.2. The zero-order chi connectivity index (χ0) is 17.0. The van der Waals surface area contributed by atoms with Gasteiger partial charge in [-0.2, -0.15) is 31.4 Å². The molecule has 0 unspecified atom stereocenters. The third kappa shape index (κ3) is 6.31. The normalized spacial score (nSPS) is 12.6. The topological polar surface area (TPSA) is 56.9 Å². The van der Waals surface area contributed by atoms with Gasteiger partial charge in [0.25, 0.3) is 5.56 Å². The fourth-order valence-corrected chi connectivity index (χ4v) is 1.70. The number of aryl methyl sites for hydroxylation is 1. The van der Waals surface area contributed by atoms with E-state index in [0.717, 1.165) is 0 Å². The fraction of sp³-hybridized carbons (Fsp3) is 0.727. The molecule has 0 aliphatic rings. The van der Waals surface area contributed by atoms with Crippen molar-refractivity contribution >= 4 is 0 Å². The van der Waals surface area contributed by atoms with Crippen LogP contribution in [0.5, 0.6) is 0 Å². The maximum absolute atomic E-state index is 12.0. The highest BCUT2D eigenvalue weighted by molar-refractivity contribution is 4.76. The second kappa shape index (κ2) is 6.97. The van der Waals surface area contributed by atoms with Crippen LogP contribution < -0.4 is 11.2 Å². The van der Waals surface area contributed by atoms with Gasteiger partial charge in [-0.3, -0.25) is 9.36 Å². The number of halogens is 6. The molecule has 0 atom stereocenters. The number of alkyl halides is 6. The maximum atomic E-state index is 12.0. The molecule has 0 saturated carbocycles. The second-order valence-electron chi connectivity index (χ2n) is 4.58. The lowest BCUT2D eigenvalue weighted by Crippen LogP contribution is -2.41. The van der Waals surface area contributed by atoms with Crippen LogP contribution in [-0.2, 0) is 13.1 Å². The number of nitrogens with zero attached hydrogens (tertiary/aromatic N) is 3. The van der Waals surface area contributed by atoms with E-state index in [1.54, 1.807) is 0 Å². The van der Waals surface area contributed by atoms with Crippen molar-refractivity contribution in [1.82, 2.24) is 14.3 Å².